The minimum Gasteiger partial charge on any atom is -0.496 e. The summed E-state index contributed by atoms with van der Waals surface area (Å²) >= 11 is 0. The number of methoxy groups -OCH3 is 1. The Labute approximate surface area is 108 Å². The Morgan fingerprint density at radius 3 is 2.61 bits per heavy atom. The summed E-state index contributed by atoms with van der Waals surface area (Å²) in [6, 6.07) is 13.5. The topological polar surface area (TPSA) is 21.3 Å². The van der Waals surface area contributed by atoms with Crippen LogP contribution in [0.25, 0.3) is 10.8 Å². The largest absolute Gasteiger partial charge is 0.496 e. The molecule has 1 aliphatic carbocycles. The summed E-state index contributed by atoms with van der Waals surface area (Å²) < 4.78 is 5.42. The number of nitrogens with one attached hydrogen (secondary N) is 1. The maximum absolute atomic E-state index is 5.42. The summed E-state index contributed by atoms with van der Waals surface area (Å²) in [6.45, 7) is 1.07. The summed E-state index contributed by atoms with van der Waals surface area (Å²) in [5.41, 5.74) is 1.40. The summed E-state index contributed by atoms with van der Waals surface area (Å²) in [4.78, 5) is 0. The third-order valence-corrected chi connectivity index (χ3v) is 3.60. The molecule has 18 heavy (non-hydrogen) atoms. The van der Waals surface area contributed by atoms with E-state index in [0.717, 1.165) is 24.8 Å². The normalized spacial score (nSPS) is 14.9. The molecule has 2 aromatic rings. The van der Waals surface area contributed by atoms with Gasteiger partial charge in [0, 0.05) is 11.4 Å². The van der Waals surface area contributed by atoms with Crippen LogP contribution in [-0.4, -0.2) is 19.7 Å². The fraction of sp³-hybridized carbons (Fsp3) is 0.375. The molecule has 3 rings (SSSR count). The molecule has 0 amide bonds. The van der Waals surface area contributed by atoms with E-state index >= 15 is 0 Å². The molecule has 1 saturated carbocycles. The highest BCUT2D eigenvalue weighted by Gasteiger charge is 2.19. The molecule has 94 valence electrons. The van der Waals surface area contributed by atoms with Gasteiger partial charge in [0.1, 0.15) is 5.75 Å². The number of hydrogen-bond acceptors (Lipinski definition) is 2. The SMILES string of the molecule is COc1ccc(CCNC2CC2)c2ccccc12. The maximum Gasteiger partial charge on any atom is 0.126 e. The Morgan fingerprint density at radius 1 is 1.11 bits per heavy atom. The molecule has 0 atom stereocenters. The van der Waals surface area contributed by atoms with E-state index in [-0.39, 0.29) is 0 Å². The van der Waals surface area contributed by atoms with E-state index in [1.165, 1.54) is 29.2 Å². The van der Waals surface area contributed by atoms with Crippen molar-refractivity contribution in [1.82, 2.24) is 5.32 Å². The third-order valence-electron chi connectivity index (χ3n) is 3.60. The van der Waals surface area contributed by atoms with Gasteiger partial charge >= 0.3 is 0 Å². The number of rotatable bonds is 5. The van der Waals surface area contributed by atoms with Crippen LogP contribution in [0.5, 0.6) is 5.75 Å². The highest BCUT2D eigenvalue weighted by atomic mass is 16.5. The molecule has 0 aromatic heterocycles. The molecular weight excluding hydrogens is 222 g/mol. The molecule has 0 radical (unpaired) electrons. The Morgan fingerprint density at radius 2 is 1.89 bits per heavy atom. The van der Waals surface area contributed by atoms with E-state index < -0.39 is 0 Å². The molecule has 2 nitrogen and oxygen atoms in total. The summed E-state index contributed by atoms with van der Waals surface area (Å²) in [5, 5.41) is 6.09. The fourth-order valence-electron chi connectivity index (χ4n) is 2.43. The number of fused-ring (bicyclic) bond motifs is 1. The highest BCUT2D eigenvalue weighted by Crippen LogP contribution is 2.28. The van der Waals surface area contributed by atoms with E-state index in [1.807, 2.05) is 0 Å². The molecule has 0 aliphatic heterocycles. The maximum atomic E-state index is 5.42. The van der Waals surface area contributed by atoms with Gasteiger partial charge in [-0.25, -0.2) is 0 Å². The zero-order chi connectivity index (χ0) is 12.4. The molecule has 0 spiro atoms. The van der Waals surface area contributed by atoms with Gasteiger partial charge in [-0.1, -0.05) is 30.3 Å². The van der Waals surface area contributed by atoms with E-state index in [4.69, 9.17) is 4.74 Å². The summed E-state index contributed by atoms with van der Waals surface area (Å²) in [5.74, 6) is 0.963. The van der Waals surface area contributed by atoms with Gasteiger partial charge in [0.2, 0.25) is 0 Å². The Balaban J connectivity index is 1.86. The number of benzene rings is 2. The first-order chi connectivity index (χ1) is 8.88. The van der Waals surface area contributed by atoms with Gasteiger partial charge in [-0.05, 0) is 42.8 Å². The number of ether oxygens (including phenoxy) is 1. The van der Waals surface area contributed by atoms with E-state index in [0.29, 0.717) is 0 Å². The van der Waals surface area contributed by atoms with Crippen LogP contribution in [0.15, 0.2) is 36.4 Å². The van der Waals surface area contributed by atoms with Crippen molar-refractivity contribution in [2.45, 2.75) is 25.3 Å². The second-order valence-electron chi connectivity index (χ2n) is 4.95. The average molecular weight is 241 g/mol. The number of hydrogen-bond donors (Lipinski definition) is 1. The van der Waals surface area contributed by atoms with Crippen molar-refractivity contribution in [3.8, 4) is 5.75 Å². The predicted octanol–water partition coefficient (Wildman–Crippen LogP) is 3.14. The van der Waals surface area contributed by atoms with Gasteiger partial charge in [0.25, 0.3) is 0 Å². The summed E-state index contributed by atoms with van der Waals surface area (Å²) in [6.07, 6.45) is 3.79. The molecule has 1 fully saturated rings. The lowest BCUT2D eigenvalue weighted by molar-refractivity contribution is 0.419. The second-order valence-corrected chi connectivity index (χ2v) is 4.95. The average Bonchev–Trinajstić information content (AvgIpc) is 3.23. The lowest BCUT2D eigenvalue weighted by Crippen LogP contribution is -2.19. The minimum atomic E-state index is 0.787. The van der Waals surface area contributed by atoms with Crippen molar-refractivity contribution in [1.29, 1.82) is 0 Å². The van der Waals surface area contributed by atoms with Gasteiger partial charge in [-0.15, -0.1) is 0 Å². The quantitative estimate of drug-likeness (QED) is 0.868. The van der Waals surface area contributed by atoms with Gasteiger partial charge in [0.15, 0.2) is 0 Å². The first kappa shape index (κ1) is 11.5. The van der Waals surface area contributed by atoms with E-state index in [2.05, 4.69) is 41.7 Å². The molecule has 0 heterocycles. The minimum absolute atomic E-state index is 0.787. The van der Waals surface area contributed by atoms with Gasteiger partial charge in [-0.2, -0.15) is 0 Å². The zero-order valence-electron chi connectivity index (χ0n) is 10.8. The van der Waals surface area contributed by atoms with Crippen LogP contribution in [0.4, 0.5) is 0 Å². The third kappa shape index (κ3) is 2.34. The van der Waals surface area contributed by atoms with Crippen molar-refractivity contribution in [3.63, 3.8) is 0 Å². The highest BCUT2D eigenvalue weighted by molar-refractivity contribution is 5.91. The first-order valence-electron chi connectivity index (χ1n) is 6.66. The second kappa shape index (κ2) is 4.99. The van der Waals surface area contributed by atoms with E-state index in [9.17, 15) is 0 Å². The van der Waals surface area contributed by atoms with Crippen LogP contribution in [0.1, 0.15) is 18.4 Å². The fourth-order valence-corrected chi connectivity index (χ4v) is 2.43. The van der Waals surface area contributed by atoms with Crippen LogP contribution in [0.3, 0.4) is 0 Å². The van der Waals surface area contributed by atoms with Gasteiger partial charge < -0.3 is 10.1 Å². The molecule has 2 heteroatoms. The molecule has 1 aliphatic rings. The standard InChI is InChI=1S/C16H19NO/c1-18-16-9-6-12(10-11-17-13-7-8-13)14-4-2-3-5-15(14)16/h2-6,9,13,17H,7-8,10-11H2,1H3. The van der Waals surface area contributed by atoms with E-state index in [1.54, 1.807) is 7.11 Å². The van der Waals surface area contributed by atoms with Crippen LogP contribution in [0, 0.1) is 0 Å². The first-order valence-corrected chi connectivity index (χ1v) is 6.66. The molecule has 0 bridgehead atoms. The molecule has 0 saturated heterocycles. The lowest BCUT2D eigenvalue weighted by atomic mass is 10.0. The Hall–Kier alpha value is -1.54. The monoisotopic (exact) mass is 241 g/mol. The predicted molar refractivity (Wildman–Crippen MR) is 75.2 cm³/mol. The van der Waals surface area contributed by atoms with Gasteiger partial charge in [0.05, 0.1) is 7.11 Å². The molecule has 0 unspecified atom stereocenters. The Bertz CT molecular complexity index is 546. The van der Waals surface area contributed by atoms with Crippen LogP contribution in [0.2, 0.25) is 0 Å². The lowest BCUT2D eigenvalue weighted by Gasteiger charge is -2.10. The zero-order valence-corrected chi connectivity index (χ0v) is 10.8. The van der Waals surface area contributed by atoms with Crippen molar-refractivity contribution in [3.05, 3.63) is 42.0 Å². The molecular formula is C16H19NO. The van der Waals surface area contributed by atoms with Crippen molar-refractivity contribution in [2.75, 3.05) is 13.7 Å². The smallest absolute Gasteiger partial charge is 0.126 e. The molecule has 2 aromatic carbocycles. The summed E-state index contributed by atoms with van der Waals surface area (Å²) in [7, 11) is 1.73. The van der Waals surface area contributed by atoms with Gasteiger partial charge in [-0.3, -0.25) is 0 Å². The van der Waals surface area contributed by atoms with Crippen molar-refractivity contribution >= 4 is 10.8 Å². The van der Waals surface area contributed by atoms with Crippen LogP contribution in [-0.2, 0) is 6.42 Å². The van der Waals surface area contributed by atoms with Crippen molar-refractivity contribution in [2.24, 2.45) is 0 Å². The molecule has 1 N–H and O–H groups in total. The van der Waals surface area contributed by atoms with Crippen LogP contribution >= 0.6 is 0 Å². The van der Waals surface area contributed by atoms with Crippen molar-refractivity contribution < 1.29 is 4.74 Å². The Kier molecular flexibility index (Phi) is 3.20. The van der Waals surface area contributed by atoms with Crippen LogP contribution < -0.4 is 10.1 Å².